The Morgan fingerprint density at radius 2 is 1.92 bits per heavy atom. The molecule has 2 aliphatic heterocycles. The Morgan fingerprint density at radius 1 is 1.14 bits per heavy atom. The highest BCUT2D eigenvalue weighted by Gasteiger charge is 2.44. The van der Waals surface area contributed by atoms with E-state index >= 15 is 0 Å². The molecule has 4 N–H and O–H groups in total. The molecule has 1 saturated carbocycles. The highest BCUT2D eigenvalue weighted by atomic mass is 16.2. The van der Waals surface area contributed by atoms with Gasteiger partial charge in [-0.3, -0.25) is 24.1 Å². The molecule has 3 atom stereocenters. The van der Waals surface area contributed by atoms with E-state index in [-0.39, 0.29) is 36.1 Å². The number of hydrogen-bond donors (Lipinski definition) is 4. The van der Waals surface area contributed by atoms with E-state index in [1.165, 1.54) is 13.1 Å². The highest BCUT2D eigenvalue weighted by molar-refractivity contribution is 6.08. The largest absolute Gasteiger partial charge is 0.348 e. The Labute approximate surface area is 215 Å². The maximum absolute atomic E-state index is 13.9. The molecule has 0 bridgehead atoms. The maximum Gasteiger partial charge on any atom is 0.250 e. The summed E-state index contributed by atoms with van der Waals surface area (Å²) >= 11 is 0. The zero-order chi connectivity index (χ0) is 25.9. The van der Waals surface area contributed by atoms with Crippen LogP contribution in [0.25, 0.3) is 0 Å². The third kappa shape index (κ3) is 5.21. The molecule has 196 valence electrons. The molecule has 1 aromatic carbocycles. The van der Waals surface area contributed by atoms with Crippen molar-refractivity contribution in [3.63, 3.8) is 0 Å². The van der Waals surface area contributed by atoms with Gasteiger partial charge in [0.25, 0.3) is 0 Å². The number of hydrogen-bond acceptors (Lipinski definition) is 6. The molecule has 1 aromatic heterocycles. The summed E-state index contributed by atoms with van der Waals surface area (Å²) in [6, 6.07) is 3.67. The van der Waals surface area contributed by atoms with Crippen molar-refractivity contribution >= 4 is 29.3 Å². The van der Waals surface area contributed by atoms with Crippen LogP contribution in [0.15, 0.2) is 24.4 Å². The van der Waals surface area contributed by atoms with Crippen molar-refractivity contribution in [3.8, 4) is 0 Å². The van der Waals surface area contributed by atoms with Gasteiger partial charge in [0, 0.05) is 13.3 Å². The predicted octanol–water partition coefficient (Wildman–Crippen LogP) is 0.895. The van der Waals surface area contributed by atoms with Gasteiger partial charge in [0.15, 0.2) is 0 Å². The number of aromatic amines is 1. The lowest BCUT2D eigenvalue weighted by Crippen LogP contribution is -2.58. The summed E-state index contributed by atoms with van der Waals surface area (Å²) in [4.78, 5) is 54.0. The number of nitrogens with zero attached hydrogens (tertiary/aromatic N) is 3. The molecule has 37 heavy (non-hydrogen) atoms. The lowest BCUT2D eigenvalue weighted by molar-refractivity contribution is -0.133. The van der Waals surface area contributed by atoms with E-state index in [2.05, 4.69) is 31.4 Å². The van der Waals surface area contributed by atoms with Crippen molar-refractivity contribution in [3.05, 3.63) is 41.2 Å². The quantitative estimate of drug-likeness (QED) is 0.437. The number of carbonyl (C=O) groups excluding carboxylic acids is 4. The molecule has 0 unspecified atom stereocenters. The fourth-order valence-electron chi connectivity index (χ4n) is 5.93. The van der Waals surface area contributed by atoms with Crippen LogP contribution in [0.5, 0.6) is 0 Å². The average molecular weight is 508 g/mol. The molecule has 1 aliphatic carbocycles. The van der Waals surface area contributed by atoms with Gasteiger partial charge in [-0.1, -0.05) is 37.5 Å². The van der Waals surface area contributed by atoms with E-state index in [0.717, 1.165) is 48.9 Å². The third-order valence-corrected chi connectivity index (χ3v) is 7.70. The van der Waals surface area contributed by atoms with Crippen molar-refractivity contribution in [2.75, 3.05) is 4.90 Å². The predicted molar refractivity (Wildman–Crippen MR) is 134 cm³/mol. The van der Waals surface area contributed by atoms with E-state index in [1.807, 2.05) is 18.2 Å². The van der Waals surface area contributed by atoms with Crippen LogP contribution in [0.3, 0.4) is 0 Å². The molecule has 0 radical (unpaired) electrons. The van der Waals surface area contributed by atoms with Gasteiger partial charge >= 0.3 is 0 Å². The molecule has 5 rings (SSSR count). The summed E-state index contributed by atoms with van der Waals surface area (Å²) in [5.41, 5.74) is 3.29. The Hall–Kier alpha value is -3.76. The summed E-state index contributed by atoms with van der Waals surface area (Å²) in [6.45, 7) is 1.60. The lowest BCUT2D eigenvalue weighted by atomic mass is 9.83. The normalized spacial score (nSPS) is 22.1. The van der Waals surface area contributed by atoms with Gasteiger partial charge in [-0.2, -0.15) is 15.4 Å². The Balaban J connectivity index is 1.36. The molecule has 1 fully saturated rings. The van der Waals surface area contributed by atoms with Crippen molar-refractivity contribution in [2.24, 2.45) is 5.92 Å². The van der Waals surface area contributed by atoms with E-state index < -0.39 is 18.1 Å². The summed E-state index contributed by atoms with van der Waals surface area (Å²) in [6.07, 6.45) is 7.85. The van der Waals surface area contributed by atoms with Crippen LogP contribution < -0.4 is 20.9 Å². The molecule has 11 nitrogen and oxygen atoms in total. The first-order chi connectivity index (χ1) is 17.9. The van der Waals surface area contributed by atoms with Crippen LogP contribution in [-0.4, -0.2) is 57.2 Å². The fraction of sp³-hybridized carbons (Fsp3) is 0.538. The minimum absolute atomic E-state index is 0.0455. The van der Waals surface area contributed by atoms with Crippen LogP contribution in [0, 0.1) is 5.92 Å². The van der Waals surface area contributed by atoms with E-state index in [4.69, 9.17) is 0 Å². The molecular weight excluding hydrogens is 474 g/mol. The summed E-state index contributed by atoms with van der Waals surface area (Å²) in [5, 5.41) is 18.9. The smallest absolute Gasteiger partial charge is 0.250 e. The Kier molecular flexibility index (Phi) is 7.20. The molecular formula is C26H33N7O4. The van der Waals surface area contributed by atoms with Crippen LogP contribution in [0.1, 0.15) is 62.3 Å². The minimum atomic E-state index is -0.795. The van der Waals surface area contributed by atoms with E-state index in [1.54, 1.807) is 4.90 Å². The first-order valence-corrected chi connectivity index (χ1v) is 13.1. The fourth-order valence-corrected chi connectivity index (χ4v) is 5.93. The third-order valence-electron chi connectivity index (χ3n) is 7.70. The van der Waals surface area contributed by atoms with E-state index in [9.17, 15) is 19.2 Å². The number of aryl methyl sites for hydroxylation is 1. The summed E-state index contributed by atoms with van der Waals surface area (Å²) < 4.78 is 0. The topological polar surface area (TPSA) is 149 Å². The van der Waals surface area contributed by atoms with Gasteiger partial charge in [0.1, 0.15) is 23.8 Å². The zero-order valence-electron chi connectivity index (χ0n) is 21.0. The second kappa shape index (κ2) is 10.7. The SMILES string of the molecule is CC(=O)N[C@H](C(=O)N[C@H]1CCc2cccc3c2N(C1=O)[C@H](C(=O)NCc1cn[nH]n1)C3)C1CCCCC1. The van der Waals surface area contributed by atoms with Gasteiger partial charge in [-0.15, -0.1) is 0 Å². The van der Waals surface area contributed by atoms with Crippen molar-refractivity contribution < 1.29 is 19.2 Å². The number of anilines is 1. The molecule has 0 spiro atoms. The Morgan fingerprint density at radius 3 is 2.65 bits per heavy atom. The molecule has 3 heterocycles. The number of amides is 4. The second-order valence-electron chi connectivity index (χ2n) is 10.2. The number of carbonyl (C=O) groups is 4. The summed E-state index contributed by atoms with van der Waals surface area (Å²) in [7, 11) is 0. The van der Waals surface area contributed by atoms with Gasteiger partial charge in [-0.25, -0.2) is 0 Å². The lowest BCUT2D eigenvalue weighted by Gasteiger charge is -2.32. The first kappa shape index (κ1) is 24.9. The van der Waals surface area contributed by atoms with Gasteiger partial charge in [0.2, 0.25) is 23.6 Å². The molecule has 4 amide bonds. The van der Waals surface area contributed by atoms with E-state index in [0.29, 0.717) is 25.0 Å². The van der Waals surface area contributed by atoms with Gasteiger partial charge in [-0.05, 0) is 42.7 Å². The Bertz CT molecular complexity index is 1180. The zero-order valence-corrected chi connectivity index (χ0v) is 21.0. The first-order valence-electron chi connectivity index (χ1n) is 13.1. The van der Waals surface area contributed by atoms with Crippen LogP contribution in [0.4, 0.5) is 5.69 Å². The monoisotopic (exact) mass is 507 g/mol. The van der Waals surface area contributed by atoms with Crippen LogP contribution >= 0.6 is 0 Å². The summed E-state index contributed by atoms with van der Waals surface area (Å²) in [5.74, 6) is -1.15. The molecule has 2 aromatic rings. The molecule has 0 saturated heterocycles. The molecule has 3 aliphatic rings. The molecule has 11 heteroatoms. The van der Waals surface area contributed by atoms with Gasteiger partial charge < -0.3 is 16.0 Å². The minimum Gasteiger partial charge on any atom is -0.348 e. The second-order valence-corrected chi connectivity index (χ2v) is 10.2. The van der Waals surface area contributed by atoms with Crippen molar-refractivity contribution in [1.82, 2.24) is 31.4 Å². The number of para-hydroxylation sites is 1. The van der Waals surface area contributed by atoms with Crippen molar-refractivity contribution in [1.29, 1.82) is 0 Å². The maximum atomic E-state index is 13.9. The number of nitrogens with one attached hydrogen (secondary N) is 4. The number of rotatable bonds is 7. The van der Waals surface area contributed by atoms with Crippen LogP contribution in [-0.2, 0) is 38.6 Å². The van der Waals surface area contributed by atoms with Gasteiger partial charge in [0.05, 0.1) is 18.4 Å². The number of H-pyrrole nitrogens is 1. The number of benzene rings is 1. The number of aromatic nitrogens is 3. The van der Waals surface area contributed by atoms with Crippen LogP contribution in [0.2, 0.25) is 0 Å². The highest BCUT2D eigenvalue weighted by Crippen LogP contribution is 2.39. The van der Waals surface area contributed by atoms with Crippen molar-refractivity contribution in [2.45, 2.75) is 83.0 Å². The standard InChI is InChI=1S/C26H33N7O4/c1-15(34)29-22(16-6-3-2-4-7-16)25(36)30-20-11-10-17-8-5-9-18-12-21(33(23(17)18)26(20)37)24(35)27-13-19-14-28-32-31-19/h5,8-9,14,16,20-22H,2-4,6-7,10-13H2,1H3,(H,27,35)(H,29,34)(H,30,36)(H,28,31,32)/t20-,21-,22-/m0/s1. The average Bonchev–Trinajstić information content (AvgIpc) is 3.53.